The Hall–Kier alpha value is -1.80. The summed E-state index contributed by atoms with van der Waals surface area (Å²) in [6.07, 6.45) is 0.684. The number of hydrogen-bond donors (Lipinski definition) is 2. The fraction of sp³-hybridized carbons (Fsp3) is 0.500. The van der Waals surface area contributed by atoms with Gasteiger partial charge in [-0.1, -0.05) is 25.4 Å². The maximum Gasteiger partial charge on any atom is 0.262 e. The number of ether oxygens (including phenoxy) is 1. The van der Waals surface area contributed by atoms with Gasteiger partial charge in [0, 0.05) is 19.0 Å². The molecule has 0 saturated heterocycles. The van der Waals surface area contributed by atoms with Gasteiger partial charge in [0.1, 0.15) is 5.75 Å². The van der Waals surface area contributed by atoms with E-state index in [-0.39, 0.29) is 46.3 Å². The van der Waals surface area contributed by atoms with Crippen molar-refractivity contribution in [1.82, 2.24) is 5.32 Å². The second-order valence-electron chi connectivity index (χ2n) is 6.22. The molecule has 138 valence electrons. The molecule has 0 fully saturated rings. The van der Waals surface area contributed by atoms with E-state index in [1.165, 1.54) is 12.1 Å². The molecule has 0 spiro atoms. The summed E-state index contributed by atoms with van der Waals surface area (Å²) < 4.78 is 30.2. The predicted molar refractivity (Wildman–Crippen MR) is 94.7 cm³/mol. The first-order chi connectivity index (χ1) is 11.7. The molecule has 25 heavy (non-hydrogen) atoms. The standard InChI is InChI=1S/C16H21ClN2O5S/c1-10(2)3-5-18-15(20)4-6-25(22,23)14-8-13-12(7-11(14)17)19-16(21)9-24-13/h7-8,10H,3-6,9H2,1-2H3,(H,18,20)(H,19,21). The SMILES string of the molecule is CC(C)CCNC(=O)CCS(=O)(=O)c1cc2c(cc1Cl)NC(=O)CO2. The molecule has 0 atom stereocenters. The number of hydrogen-bond acceptors (Lipinski definition) is 5. The lowest BCUT2D eigenvalue weighted by Gasteiger charge is -2.19. The fourth-order valence-electron chi connectivity index (χ4n) is 2.25. The number of rotatable bonds is 7. The van der Waals surface area contributed by atoms with Gasteiger partial charge in [-0.25, -0.2) is 8.42 Å². The highest BCUT2D eigenvalue weighted by atomic mass is 35.5. The van der Waals surface area contributed by atoms with Gasteiger partial charge in [0.05, 0.1) is 21.4 Å². The van der Waals surface area contributed by atoms with Crippen LogP contribution in [0.15, 0.2) is 17.0 Å². The molecule has 2 amide bonds. The highest BCUT2D eigenvalue weighted by Gasteiger charge is 2.25. The van der Waals surface area contributed by atoms with Crippen molar-refractivity contribution >= 4 is 38.9 Å². The molecular weight excluding hydrogens is 368 g/mol. The largest absolute Gasteiger partial charge is 0.482 e. The van der Waals surface area contributed by atoms with E-state index >= 15 is 0 Å². The van der Waals surface area contributed by atoms with Crippen molar-refractivity contribution in [2.45, 2.75) is 31.6 Å². The zero-order valence-corrected chi connectivity index (χ0v) is 15.7. The lowest BCUT2D eigenvalue weighted by atomic mass is 10.1. The molecule has 9 heteroatoms. The van der Waals surface area contributed by atoms with Crippen LogP contribution in [0.2, 0.25) is 5.02 Å². The van der Waals surface area contributed by atoms with Crippen molar-refractivity contribution in [2.24, 2.45) is 5.92 Å². The topological polar surface area (TPSA) is 102 Å². The van der Waals surface area contributed by atoms with Crippen LogP contribution in [0.4, 0.5) is 5.69 Å². The Balaban J connectivity index is 2.04. The van der Waals surface area contributed by atoms with E-state index in [2.05, 4.69) is 10.6 Å². The molecule has 1 aromatic rings. The van der Waals surface area contributed by atoms with Crippen molar-refractivity contribution in [2.75, 3.05) is 24.2 Å². The van der Waals surface area contributed by atoms with Crippen molar-refractivity contribution in [1.29, 1.82) is 0 Å². The summed E-state index contributed by atoms with van der Waals surface area (Å²) in [6, 6.07) is 2.62. The summed E-state index contributed by atoms with van der Waals surface area (Å²) in [5.74, 6) is -0.312. The summed E-state index contributed by atoms with van der Waals surface area (Å²) in [4.78, 5) is 22.9. The number of sulfone groups is 1. The molecule has 1 aliphatic rings. The Morgan fingerprint density at radius 1 is 1.40 bits per heavy atom. The van der Waals surface area contributed by atoms with Crippen molar-refractivity contribution < 1.29 is 22.7 Å². The number of carbonyl (C=O) groups excluding carboxylic acids is 2. The molecule has 0 bridgehead atoms. The van der Waals surface area contributed by atoms with Gasteiger partial charge in [0.25, 0.3) is 5.91 Å². The van der Waals surface area contributed by atoms with Gasteiger partial charge in [-0.2, -0.15) is 0 Å². The molecule has 1 aromatic carbocycles. The lowest BCUT2D eigenvalue weighted by molar-refractivity contribution is -0.121. The van der Waals surface area contributed by atoms with Gasteiger partial charge in [-0.15, -0.1) is 0 Å². The van der Waals surface area contributed by atoms with Crippen LogP contribution in [-0.2, 0) is 19.4 Å². The summed E-state index contributed by atoms with van der Waals surface area (Å²) in [5.41, 5.74) is 0.326. The first kappa shape index (κ1) is 19.5. The normalized spacial score (nSPS) is 13.8. The van der Waals surface area contributed by atoms with Gasteiger partial charge >= 0.3 is 0 Å². The minimum Gasteiger partial charge on any atom is -0.482 e. The van der Waals surface area contributed by atoms with Gasteiger partial charge in [-0.3, -0.25) is 9.59 Å². The predicted octanol–water partition coefficient (Wildman–Crippen LogP) is 2.00. The smallest absolute Gasteiger partial charge is 0.262 e. The minimum absolute atomic E-state index is 0.0234. The van der Waals surface area contributed by atoms with Crippen LogP contribution in [-0.4, -0.2) is 39.1 Å². The van der Waals surface area contributed by atoms with Crippen LogP contribution in [0.3, 0.4) is 0 Å². The molecule has 7 nitrogen and oxygen atoms in total. The molecule has 2 rings (SSSR count). The molecule has 0 aliphatic carbocycles. The average molecular weight is 389 g/mol. The van der Waals surface area contributed by atoms with Crippen LogP contribution >= 0.6 is 11.6 Å². The highest BCUT2D eigenvalue weighted by Crippen LogP contribution is 2.36. The molecular formula is C16H21ClN2O5S. The van der Waals surface area contributed by atoms with Crippen molar-refractivity contribution in [3.8, 4) is 5.75 Å². The Labute approximate surface area is 152 Å². The van der Waals surface area contributed by atoms with E-state index in [9.17, 15) is 18.0 Å². The highest BCUT2D eigenvalue weighted by molar-refractivity contribution is 7.91. The number of benzene rings is 1. The van der Waals surface area contributed by atoms with Crippen LogP contribution in [0, 0.1) is 5.92 Å². The number of anilines is 1. The van der Waals surface area contributed by atoms with Gasteiger partial charge < -0.3 is 15.4 Å². The maximum absolute atomic E-state index is 12.5. The third-order valence-corrected chi connectivity index (χ3v) is 5.82. The number of amides is 2. The van der Waals surface area contributed by atoms with E-state index in [1.54, 1.807) is 0 Å². The maximum atomic E-state index is 12.5. The third kappa shape index (κ3) is 5.34. The molecule has 1 aliphatic heterocycles. The van der Waals surface area contributed by atoms with E-state index in [1.807, 2.05) is 13.8 Å². The monoisotopic (exact) mass is 388 g/mol. The molecule has 2 N–H and O–H groups in total. The lowest BCUT2D eigenvalue weighted by Crippen LogP contribution is -2.27. The number of fused-ring (bicyclic) bond motifs is 1. The third-order valence-electron chi connectivity index (χ3n) is 3.64. The van der Waals surface area contributed by atoms with Crippen LogP contribution in [0.25, 0.3) is 0 Å². The Morgan fingerprint density at radius 2 is 2.12 bits per heavy atom. The second-order valence-corrected chi connectivity index (χ2v) is 8.70. The van der Waals surface area contributed by atoms with Crippen LogP contribution in [0.5, 0.6) is 5.75 Å². The van der Waals surface area contributed by atoms with E-state index < -0.39 is 9.84 Å². The van der Waals surface area contributed by atoms with Gasteiger partial charge in [0.2, 0.25) is 5.91 Å². The Bertz CT molecular complexity index is 777. The van der Waals surface area contributed by atoms with Gasteiger partial charge in [-0.05, 0) is 18.4 Å². The summed E-state index contributed by atoms with van der Waals surface area (Å²) in [5, 5.41) is 5.23. The number of carbonyl (C=O) groups is 2. The Morgan fingerprint density at radius 3 is 2.80 bits per heavy atom. The van der Waals surface area contributed by atoms with Crippen LogP contribution in [0.1, 0.15) is 26.7 Å². The first-order valence-corrected chi connectivity index (χ1v) is 9.97. The second kappa shape index (κ2) is 8.05. The Kier molecular flexibility index (Phi) is 6.29. The average Bonchev–Trinajstić information content (AvgIpc) is 2.51. The molecule has 0 aromatic heterocycles. The van der Waals surface area contributed by atoms with E-state index in [0.717, 1.165) is 6.42 Å². The van der Waals surface area contributed by atoms with Crippen molar-refractivity contribution in [3.05, 3.63) is 17.2 Å². The molecule has 0 saturated carbocycles. The van der Waals surface area contributed by atoms with E-state index in [4.69, 9.17) is 16.3 Å². The van der Waals surface area contributed by atoms with Gasteiger partial charge in [0.15, 0.2) is 16.4 Å². The minimum atomic E-state index is -3.76. The first-order valence-electron chi connectivity index (χ1n) is 7.94. The van der Waals surface area contributed by atoms with Crippen LogP contribution < -0.4 is 15.4 Å². The fourth-order valence-corrected chi connectivity index (χ4v) is 4.08. The summed E-state index contributed by atoms with van der Waals surface area (Å²) in [6.45, 7) is 4.41. The van der Waals surface area contributed by atoms with E-state index in [0.29, 0.717) is 18.2 Å². The quantitative estimate of drug-likeness (QED) is 0.743. The molecule has 0 unspecified atom stereocenters. The number of halogens is 1. The zero-order valence-electron chi connectivity index (χ0n) is 14.1. The zero-order chi connectivity index (χ0) is 18.6. The molecule has 1 heterocycles. The summed E-state index contributed by atoms with van der Waals surface area (Å²) in [7, 11) is -3.76. The summed E-state index contributed by atoms with van der Waals surface area (Å²) >= 11 is 6.04. The molecule has 0 radical (unpaired) electrons. The van der Waals surface area contributed by atoms with Crippen molar-refractivity contribution in [3.63, 3.8) is 0 Å². The number of nitrogens with one attached hydrogen (secondary N) is 2.